The number of hydrogen-bond donors (Lipinski definition) is 0. The smallest absolute Gasteiger partial charge is 0.159 e. The molecule has 1 fully saturated rings. The normalized spacial score (nSPS) is 19.1. The lowest BCUT2D eigenvalue weighted by Gasteiger charge is -2.28. The van der Waals surface area contributed by atoms with Gasteiger partial charge in [0.1, 0.15) is 5.82 Å². The maximum atomic E-state index is 13.8. The molecule has 148 valence electrons. The van der Waals surface area contributed by atoms with Gasteiger partial charge in [0.05, 0.1) is 4.47 Å². The number of halogens is 2. The largest absolute Gasteiger partial charge is 0.236 e. The molecule has 0 spiro atoms. The third-order valence-corrected chi connectivity index (χ3v) is 6.53. The molecule has 0 unspecified atom stereocenters. The van der Waals surface area contributed by atoms with Crippen molar-refractivity contribution in [3.63, 3.8) is 0 Å². The second kappa shape index (κ2) is 9.00. The minimum Gasteiger partial charge on any atom is -0.236 e. The Labute approximate surface area is 180 Å². The summed E-state index contributed by atoms with van der Waals surface area (Å²) in [6.07, 6.45) is 11.9. The lowest BCUT2D eigenvalue weighted by Crippen LogP contribution is -2.12. The Balaban J connectivity index is 1.45. The van der Waals surface area contributed by atoms with Crippen molar-refractivity contribution in [2.75, 3.05) is 0 Å². The molecule has 1 aromatic heterocycles. The van der Waals surface area contributed by atoms with E-state index in [1.165, 1.54) is 37.3 Å². The summed E-state index contributed by atoms with van der Waals surface area (Å²) >= 11 is 3.17. The third-order valence-electron chi connectivity index (χ3n) is 5.89. The quantitative estimate of drug-likeness (QED) is 0.374. The summed E-state index contributed by atoms with van der Waals surface area (Å²) in [5.74, 6) is 1.69. The summed E-state index contributed by atoms with van der Waals surface area (Å²) in [5, 5.41) is 0. The molecule has 0 saturated heterocycles. The van der Waals surface area contributed by atoms with Crippen LogP contribution in [0.1, 0.15) is 43.6 Å². The molecule has 1 aliphatic rings. The second-order valence-corrected chi connectivity index (χ2v) is 8.64. The van der Waals surface area contributed by atoms with E-state index in [9.17, 15) is 4.39 Å². The first kappa shape index (κ1) is 20.0. The molecule has 1 saturated carbocycles. The lowest BCUT2D eigenvalue weighted by atomic mass is 9.77. The topological polar surface area (TPSA) is 25.8 Å². The van der Waals surface area contributed by atoms with Crippen molar-refractivity contribution in [2.24, 2.45) is 5.92 Å². The van der Waals surface area contributed by atoms with Crippen molar-refractivity contribution in [2.45, 2.75) is 38.0 Å². The van der Waals surface area contributed by atoms with Crippen LogP contribution in [0, 0.1) is 11.7 Å². The standard InChI is InChI=1S/C25H24BrFN2/c1-2-3-17-4-6-18(7-5-17)19-8-10-20(11-9-19)22-15-28-25(29-16-22)21-12-13-23(26)24(27)14-21/h2,8-18H,1,3-7H2/t17-,18-. The Morgan fingerprint density at radius 2 is 1.59 bits per heavy atom. The molecule has 1 heterocycles. The van der Waals surface area contributed by atoms with Gasteiger partial charge >= 0.3 is 0 Å². The van der Waals surface area contributed by atoms with Crippen molar-refractivity contribution < 1.29 is 4.39 Å². The zero-order valence-corrected chi connectivity index (χ0v) is 17.9. The van der Waals surface area contributed by atoms with Crippen LogP contribution >= 0.6 is 15.9 Å². The maximum absolute atomic E-state index is 13.8. The molecule has 29 heavy (non-hydrogen) atoms. The fourth-order valence-corrected chi connectivity index (χ4v) is 4.42. The summed E-state index contributed by atoms with van der Waals surface area (Å²) in [6.45, 7) is 3.87. The van der Waals surface area contributed by atoms with Gasteiger partial charge in [-0.2, -0.15) is 0 Å². The maximum Gasteiger partial charge on any atom is 0.159 e. The van der Waals surface area contributed by atoms with E-state index in [1.54, 1.807) is 24.5 Å². The lowest BCUT2D eigenvalue weighted by molar-refractivity contribution is 0.328. The van der Waals surface area contributed by atoms with Crippen LogP contribution in [0.3, 0.4) is 0 Å². The number of aromatic nitrogens is 2. The summed E-state index contributed by atoms with van der Waals surface area (Å²) in [6, 6.07) is 13.7. The molecule has 2 nitrogen and oxygen atoms in total. The summed E-state index contributed by atoms with van der Waals surface area (Å²) in [5.41, 5.74) is 4.16. The van der Waals surface area contributed by atoms with Crippen LogP contribution in [-0.2, 0) is 0 Å². The summed E-state index contributed by atoms with van der Waals surface area (Å²) < 4.78 is 14.2. The monoisotopic (exact) mass is 450 g/mol. The van der Waals surface area contributed by atoms with Gasteiger partial charge in [-0.3, -0.25) is 0 Å². The highest BCUT2D eigenvalue weighted by Crippen LogP contribution is 2.37. The summed E-state index contributed by atoms with van der Waals surface area (Å²) in [7, 11) is 0. The molecular formula is C25H24BrFN2. The molecule has 3 aromatic rings. The van der Waals surface area contributed by atoms with Gasteiger partial charge in [0.25, 0.3) is 0 Å². The highest BCUT2D eigenvalue weighted by molar-refractivity contribution is 9.10. The minimum absolute atomic E-state index is 0.315. The molecule has 0 amide bonds. The van der Waals surface area contributed by atoms with Crippen LogP contribution < -0.4 is 0 Å². The number of rotatable bonds is 5. The van der Waals surface area contributed by atoms with E-state index < -0.39 is 0 Å². The van der Waals surface area contributed by atoms with E-state index in [0.717, 1.165) is 23.5 Å². The predicted molar refractivity (Wildman–Crippen MR) is 120 cm³/mol. The molecule has 0 radical (unpaired) electrons. The molecule has 0 aliphatic heterocycles. The molecule has 0 N–H and O–H groups in total. The molecule has 1 aliphatic carbocycles. The van der Waals surface area contributed by atoms with Gasteiger partial charge in [-0.05, 0) is 89.2 Å². The zero-order valence-electron chi connectivity index (χ0n) is 16.3. The Morgan fingerprint density at radius 3 is 2.21 bits per heavy atom. The number of allylic oxidation sites excluding steroid dienone is 1. The minimum atomic E-state index is -0.315. The van der Waals surface area contributed by atoms with Crippen LogP contribution in [0.2, 0.25) is 0 Å². The Morgan fingerprint density at radius 1 is 0.931 bits per heavy atom. The van der Waals surface area contributed by atoms with Crippen molar-refractivity contribution in [3.8, 4) is 22.5 Å². The average molecular weight is 451 g/mol. The van der Waals surface area contributed by atoms with Crippen LogP contribution in [0.5, 0.6) is 0 Å². The molecule has 4 rings (SSSR count). The van der Waals surface area contributed by atoms with E-state index in [0.29, 0.717) is 21.8 Å². The Kier molecular flexibility index (Phi) is 6.19. The Hall–Kier alpha value is -2.33. The highest BCUT2D eigenvalue weighted by atomic mass is 79.9. The highest BCUT2D eigenvalue weighted by Gasteiger charge is 2.21. The SMILES string of the molecule is C=CC[C@H]1CC[C@H](c2ccc(-c3cnc(-c4ccc(Br)c(F)c4)nc3)cc2)CC1. The van der Waals surface area contributed by atoms with Gasteiger partial charge < -0.3 is 0 Å². The van der Waals surface area contributed by atoms with Crippen LogP contribution in [0.15, 0.2) is 72.0 Å². The van der Waals surface area contributed by atoms with E-state index in [2.05, 4.69) is 62.8 Å². The summed E-state index contributed by atoms with van der Waals surface area (Å²) in [4.78, 5) is 8.87. The third kappa shape index (κ3) is 4.64. The first-order valence-electron chi connectivity index (χ1n) is 10.1. The van der Waals surface area contributed by atoms with Crippen molar-refractivity contribution >= 4 is 15.9 Å². The second-order valence-electron chi connectivity index (χ2n) is 7.79. The van der Waals surface area contributed by atoms with Crippen LogP contribution in [0.4, 0.5) is 4.39 Å². The molecule has 0 bridgehead atoms. The first-order chi connectivity index (χ1) is 14.1. The van der Waals surface area contributed by atoms with E-state index in [1.807, 2.05) is 0 Å². The average Bonchev–Trinajstić information content (AvgIpc) is 2.77. The molecular weight excluding hydrogens is 427 g/mol. The van der Waals surface area contributed by atoms with Crippen molar-refractivity contribution in [1.82, 2.24) is 9.97 Å². The van der Waals surface area contributed by atoms with Gasteiger partial charge in [-0.15, -0.1) is 6.58 Å². The Bertz CT molecular complexity index is 975. The number of hydrogen-bond acceptors (Lipinski definition) is 2. The van der Waals surface area contributed by atoms with Gasteiger partial charge in [0.15, 0.2) is 5.82 Å². The molecule has 0 atom stereocenters. The van der Waals surface area contributed by atoms with Crippen LogP contribution in [-0.4, -0.2) is 9.97 Å². The van der Waals surface area contributed by atoms with Gasteiger partial charge in [-0.1, -0.05) is 30.3 Å². The number of nitrogens with zero attached hydrogens (tertiary/aromatic N) is 2. The van der Waals surface area contributed by atoms with E-state index >= 15 is 0 Å². The predicted octanol–water partition coefficient (Wildman–Crippen LogP) is 7.56. The first-order valence-corrected chi connectivity index (χ1v) is 10.9. The van der Waals surface area contributed by atoms with Crippen molar-refractivity contribution in [3.05, 3.63) is 83.4 Å². The zero-order chi connectivity index (χ0) is 20.2. The molecule has 4 heteroatoms. The number of benzene rings is 2. The van der Waals surface area contributed by atoms with E-state index in [-0.39, 0.29) is 5.82 Å². The van der Waals surface area contributed by atoms with Crippen LogP contribution in [0.25, 0.3) is 22.5 Å². The fourth-order valence-electron chi connectivity index (χ4n) is 4.18. The van der Waals surface area contributed by atoms with Gasteiger partial charge in [0.2, 0.25) is 0 Å². The molecule has 2 aromatic carbocycles. The van der Waals surface area contributed by atoms with Gasteiger partial charge in [-0.25, -0.2) is 14.4 Å². The van der Waals surface area contributed by atoms with Gasteiger partial charge in [0, 0.05) is 23.5 Å². The van der Waals surface area contributed by atoms with E-state index in [4.69, 9.17) is 0 Å². The fraction of sp³-hybridized carbons (Fsp3) is 0.280. The van der Waals surface area contributed by atoms with Crippen molar-refractivity contribution in [1.29, 1.82) is 0 Å².